The van der Waals surface area contributed by atoms with E-state index in [4.69, 9.17) is 11.7 Å². The maximum atomic E-state index is 11.0. The topological polar surface area (TPSA) is 87.6 Å². The van der Waals surface area contributed by atoms with Crippen LogP contribution in [-0.2, 0) is 0 Å². The number of amides is 2. The molecule has 6 nitrogen and oxygen atoms in total. The first kappa shape index (κ1) is 12.2. The lowest BCUT2D eigenvalue weighted by molar-refractivity contribution is 0.145. The third-order valence-electron chi connectivity index (χ3n) is 1.48. The van der Waals surface area contributed by atoms with Crippen molar-refractivity contribution in [1.29, 1.82) is 0 Å². The molecule has 0 fully saturated rings. The Balaban J connectivity index is 3.86. The van der Waals surface area contributed by atoms with Crippen LogP contribution in [0.4, 0.5) is 4.79 Å². The second-order valence-electron chi connectivity index (χ2n) is 2.81. The Morgan fingerprint density at radius 1 is 1.23 bits per heavy atom. The van der Waals surface area contributed by atoms with Gasteiger partial charge in [-0.1, -0.05) is 13.8 Å². The molecule has 0 aromatic carbocycles. The van der Waals surface area contributed by atoms with E-state index in [1.165, 1.54) is 0 Å². The monoisotopic (exact) mass is 189 g/mol. The number of carbonyl (C=O) groups excluding carboxylic acids is 1. The number of nitrogens with two attached hydrogens (primary N) is 2. The van der Waals surface area contributed by atoms with Gasteiger partial charge in [0.1, 0.15) is 0 Å². The van der Waals surface area contributed by atoms with Gasteiger partial charge in [0.05, 0.1) is 0 Å². The van der Waals surface area contributed by atoms with E-state index in [1.54, 1.807) is 5.01 Å². The summed E-state index contributed by atoms with van der Waals surface area (Å²) in [7, 11) is 0. The van der Waals surface area contributed by atoms with E-state index in [0.29, 0.717) is 5.12 Å². The highest BCUT2D eigenvalue weighted by Gasteiger charge is 2.09. The molecule has 0 aliphatic rings. The molecule has 6 heteroatoms. The quantitative estimate of drug-likeness (QED) is 0.317. The van der Waals surface area contributed by atoms with E-state index >= 15 is 0 Å². The Hall–Kier alpha value is -0.850. The van der Waals surface area contributed by atoms with E-state index in [9.17, 15) is 4.79 Å². The van der Waals surface area contributed by atoms with Gasteiger partial charge in [-0.25, -0.2) is 21.5 Å². The van der Waals surface area contributed by atoms with Crippen LogP contribution in [0.3, 0.4) is 0 Å². The van der Waals surface area contributed by atoms with Crippen molar-refractivity contribution < 1.29 is 4.79 Å². The predicted molar refractivity (Wildman–Crippen MR) is 50.9 cm³/mol. The summed E-state index contributed by atoms with van der Waals surface area (Å²) in [4.78, 5) is 11.0. The van der Waals surface area contributed by atoms with E-state index in [1.807, 2.05) is 13.8 Å². The Morgan fingerprint density at radius 3 is 2.00 bits per heavy atom. The second kappa shape index (κ2) is 6.64. The summed E-state index contributed by atoms with van der Waals surface area (Å²) >= 11 is 0. The Kier molecular flexibility index (Phi) is 6.21. The lowest BCUT2D eigenvalue weighted by atomic mass is 10.4. The molecule has 78 valence electrons. The molecule has 0 saturated carbocycles. The normalized spacial score (nSPS) is 10.2. The van der Waals surface area contributed by atoms with Gasteiger partial charge in [0.15, 0.2) is 0 Å². The Bertz CT molecular complexity index is 144. The summed E-state index contributed by atoms with van der Waals surface area (Å²) in [5.74, 6) is 10.1. The number of hydrogen-bond acceptors (Lipinski definition) is 4. The number of rotatable bonds is 5. The lowest BCUT2D eigenvalue weighted by Crippen LogP contribution is -2.54. The van der Waals surface area contributed by atoms with Crippen LogP contribution in [0.2, 0.25) is 0 Å². The molecular formula is C7H19N5O. The SMILES string of the molecule is CCCN(CCC)NC(=O)N(N)N. The van der Waals surface area contributed by atoms with E-state index in [2.05, 4.69) is 5.43 Å². The number of hydrogen-bond donors (Lipinski definition) is 3. The molecule has 0 unspecified atom stereocenters. The molecule has 5 N–H and O–H groups in total. The minimum absolute atomic E-state index is 0.498. The van der Waals surface area contributed by atoms with Gasteiger partial charge in [0, 0.05) is 13.1 Å². The van der Waals surface area contributed by atoms with Gasteiger partial charge in [0.25, 0.3) is 0 Å². The molecule has 13 heavy (non-hydrogen) atoms. The fourth-order valence-electron chi connectivity index (χ4n) is 0.956. The van der Waals surface area contributed by atoms with Crippen molar-refractivity contribution in [2.75, 3.05) is 13.1 Å². The third kappa shape index (κ3) is 5.40. The molecule has 0 aliphatic heterocycles. The lowest BCUT2D eigenvalue weighted by Gasteiger charge is -2.23. The van der Waals surface area contributed by atoms with E-state index in [0.717, 1.165) is 25.9 Å². The maximum absolute atomic E-state index is 11.0. The standard InChI is InChI=1S/C7H19N5O/c1-3-5-11(6-4-2)10-7(13)12(8)9/h3-6,8-9H2,1-2H3,(H,10,13). The van der Waals surface area contributed by atoms with Gasteiger partial charge in [-0.05, 0) is 12.8 Å². The van der Waals surface area contributed by atoms with Gasteiger partial charge < -0.3 is 0 Å². The van der Waals surface area contributed by atoms with Crippen molar-refractivity contribution in [2.24, 2.45) is 11.7 Å². The van der Waals surface area contributed by atoms with Crippen molar-refractivity contribution in [1.82, 2.24) is 15.6 Å². The Morgan fingerprint density at radius 2 is 1.69 bits per heavy atom. The first-order valence-corrected chi connectivity index (χ1v) is 4.46. The summed E-state index contributed by atoms with van der Waals surface area (Å²) < 4.78 is 0. The van der Waals surface area contributed by atoms with Crippen molar-refractivity contribution in [3.05, 3.63) is 0 Å². The number of urea groups is 1. The first-order chi connectivity index (χ1) is 6.11. The molecule has 0 aliphatic carbocycles. The largest absolute Gasteiger partial charge is 0.360 e. The van der Waals surface area contributed by atoms with Crippen molar-refractivity contribution >= 4 is 6.03 Å². The summed E-state index contributed by atoms with van der Waals surface area (Å²) in [5, 5.41) is 2.34. The molecule has 0 aromatic rings. The number of nitrogens with zero attached hydrogens (tertiary/aromatic N) is 2. The van der Waals surface area contributed by atoms with Crippen LogP contribution < -0.4 is 17.1 Å². The van der Waals surface area contributed by atoms with E-state index < -0.39 is 6.03 Å². The zero-order valence-electron chi connectivity index (χ0n) is 8.29. The average Bonchev–Trinajstić information content (AvgIpc) is 2.05. The highest BCUT2D eigenvalue weighted by molar-refractivity contribution is 5.72. The summed E-state index contributed by atoms with van der Waals surface area (Å²) in [6.45, 7) is 5.68. The number of carbonyl (C=O) groups is 1. The molecule has 0 atom stereocenters. The van der Waals surface area contributed by atoms with Gasteiger partial charge in [-0.3, -0.25) is 5.43 Å². The number of nitrogens with one attached hydrogen (secondary N) is 1. The van der Waals surface area contributed by atoms with E-state index in [-0.39, 0.29) is 0 Å². The zero-order chi connectivity index (χ0) is 10.3. The minimum Gasteiger partial charge on any atom is -0.268 e. The molecule has 0 rings (SSSR count). The zero-order valence-corrected chi connectivity index (χ0v) is 8.29. The van der Waals surface area contributed by atoms with Crippen molar-refractivity contribution in [2.45, 2.75) is 26.7 Å². The highest BCUT2D eigenvalue weighted by Crippen LogP contribution is 1.89. The second-order valence-corrected chi connectivity index (χ2v) is 2.81. The highest BCUT2D eigenvalue weighted by atomic mass is 16.2. The fraction of sp³-hybridized carbons (Fsp3) is 0.857. The molecule has 0 bridgehead atoms. The van der Waals surface area contributed by atoms with Gasteiger partial charge >= 0.3 is 6.03 Å². The molecule has 0 aromatic heterocycles. The molecule has 2 amide bonds. The van der Waals surface area contributed by atoms with Gasteiger partial charge in [-0.15, -0.1) is 0 Å². The van der Waals surface area contributed by atoms with Crippen LogP contribution in [0, 0.1) is 0 Å². The minimum atomic E-state index is -0.498. The number of hydrazine groups is 3. The molecule has 0 heterocycles. The molecule has 0 saturated heterocycles. The molecule has 0 spiro atoms. The average molecular weight is 189 g/mol. The smallest absolute Gasteiger partial charge is 0.268 e. The summed E-state index contributed by atoms with van der Waals surface area (Å²) in [6.07, 6.45) is 1.94. The first-order valence-electron chi connectivity index (χ1n) is 4.46. The predicted octanol–water partition coefficient (Wildman–Crippen LogP) is -0.218. The molecular weight excluding hydrogens is 170 g/mol. The van der Waals surface area contributed by atoms with Crippen LogP contribution in [0.15, 0.2) is 0 Å². The summed E-state index contributed by atoms with van der Waals surface area (Å²) in [6, 6.07) is -0.498. The van der Waals surface area contributed by atoms with Crippen LogP contribution in [-0.4, -0.2) is 29.2 Å². The van der Waals surface area contributed by atoms with Crippen LogP contribution in [0.1, 0.15) is 26.7 Å². The summed E-state index contributed by atoms with van der Waals surface area (Å²) in [5.41, 5.74) is 2.59. The molecule has 0 radical (unpaired) electrons. The van der Waals surface area contributed by atoms with Crippen molar-refractivity contribution in [3.8, 4) is 0 Å². The third-order valence-corrected chi connectivity index (χ3v) is 1.48. The van der Waals surface area contributed by atoms with Crippen LogP contribution in [0.25, 0.3) is 0 Å². The Labute approximate surface area is 78.8 Å². The van der Waals surface area contributed by atoms with Crippen molar-refractivity contribution in [3.63, 3.8) is 0 Å². The van der Waals surface area contributed by atoms with Gasteiger partial charge in [0.2, 0.25) is 0 Å². The van der Waals surface area contributed by atoms with Crippen LogP contribution in [0.5, 0.6) is 0 Å². The van der Waals surface area contributed by atoms with Gasteiger partial charge in [-0.2, -0.15) is 5.12 Å². The van der Waals surface area contributed by atoms with Crippen LogP contribution >= 0.6 is 0 Å². The fourth-order valence-corrected chi connectivity index (χ4v) is 0.956. The maximum Gasteiger partial charge on any atom is 0.360 e.